The van der Waals surface area contributed by atoms with Crippen molar-refractivity contribution in [2.75, 3.05) is 47.5 Å². The van der Waals surface area contributed by atoms with Crippen molar-refractivity contribution >= 4 is 23.4 Å². The lowest BCUT2D eigenvalue weighted by molar-refractivity contribution is -0.132. The summed E-state index contributed by atoms with van der Waals surface area (Å²) in [5.41, 5.74) is 1.52. The standard InChI is InChI=1S/C23H27ClN2O5/c1-29-19-7-4-16(14-18(19)24)5-9-22(27)25-10-12-26(13-11-25)23(28)17-6-8-20(30-2)21(15-17)31-3/h4,6-8,14-15H,5,9-13H2,1-3H3. The van der Waals surface area contributed by atoms with Gasteiger partial charge in [0.1, 0.15) is 5.75 Å². The van der Waals surface area contributed by atoms with Crippen LogP contribution in [0.2, 0.25) is 5.02 Å². The monoisotopic (exact) mass is 446 g/mol. The molecule has 0 bridgehead atoms. The van der Waals surface area contributed by atoms with Gasteiger partial charge >= 0.3 is 0 Å². The Labute approximate surface area is 187 Å². The summed E-state index contributed by atoms with van der Waals surface area (Å²) in [6.07, 6.45) is 1.000. The first-order chi connectivity index (χ1) is 15.0. The molecule has 7 nitrogen and oxygen atoms in total. The number of methoxy groups -OCH3 is 3. The Balaban J connectivity index is 1.52. The summed E-state index contributed by atoms with van der Waals surface area (Å²) in [4.78, 5) is 29.0. The van der Waals surface area contributed by atoms with Crippen LogP contribution in [0.1, 0.15) is 22.3 Å². The fourth-order valence-corrected chi connectivity index (χ4v) is 3.87. The molecule has 1 heterocycles. The fraction of sp³-hybridized carbons (Fsp3) is 0.391. The van der Waals surface area contributed by atoms with Crippen LogP contribution in [-0.2, 0) is 11.2 Å². The summed E-state index contributed by atoms with van der Waals surface area (Å²) in [6.45, 7) is 2.02. The molecule has 0 aromatic heterocycles. The van der Waals surface area contributed by atoms with Crippen molar-refractivity contribution < 1.29 is 23.8 Å². The van der Waals surface area contributed by atoms with Gasteiger partial charge in [-0.2, -0.15) is 0 Å². The normalized spacial score (nSPS) is 13.7. The zero-order chi connectivity index (χ0) is 22.4. The molecule has 2 aromatic rings. The van der Waals surface area contributed by atoms with Gasteiger partial charge in [-0.3, -0.25) is 9.59 Å². The minimum atomic E-state index is -0.0825. The summed E-state index contributed by atoms with van der Waals surface area (Å²) < 4.78 is 15.7. The van der Waals surface area contributed by atoms with Crippen molar-refractivity contribution in [2.45, 2.75) is 12.8 Å². The zero-order valence-electron chi connectivity index (χ0n) is 18.0. The fourth-order valence-electron chi connectivity index (χ4n) is 3.59. The van der Waals surface area contributed by atoms with Crippen LogP contribution >= 0.6 is 11.6 Å². The van der Waals surface area contributed by atoms with Crippen LogP contribution in [0.15, 0.2) is 36.4 Å². The average molecular weight is 447 g/mol. The smallest absolute Gasteiger partial charge is 0.254 e. The molecule has 3 rings (SSSR count). The van der Waals surface area contributed by atoms with Crippen LogP contribution in [0.5, 0.6) is 17.2 Å². The number of amides is 2. The minimum Gasteiger partial charge on any atom is -0.495 e. The molecule has 0 unspecified atom stereocenters. The summed E-state index contributed by atoms with van der Waals surface area (Å²) in [7, 11) is 4.66. The van der Waals surface area contributed by atoms with E-state index >= 15 is 0 Å². The van der Waals surface area contributed by atoms with Gasteiger partial charge < -0.3 is 24.0 Å². The first-order valence-electron chi connectivity index (χ1n) is 10.1. The Kier molecular flexibility index (Phi) is 7.63. The summed E-state index contributed by atoms with van der Waals surface area (Å²) in [6, 6.07) is 10.7. The number of hydrogen-bond donors (Lipinski definition) is 0. The van der Waals surface area contributed by atoms with Crippen LogP contribution in [-0.4, -0.2) is 69.1 Å². The molecule has 2 aromatic carbocycles. The maximum Gasteiger partial charge on any atom is 0.254 e. The number of carbonyl (C=O) groups excluding carboxylic acids is 2. The maximum atomic E-state index is 12.8. The van der Waals surface area contributed by atoms with Crippen molar-refractivity contribution in [3.8, 4) is 17.2 Å². The van der Waals surface area contributed by atoms with E-state index in [0.717, 1.165) is 5.56 Å². The number of piperazine rings is 1. The largest absolute Gasteiger partial charge is 0.495 e. The number of carbonyl (C=O) groups is 2. The third-order valence-electron chi connectivity index (χ3n) is 5.39. The van der Waals surface area contributed by atoms with E-state index in [1.807, 2.05) is 17.0 Å². The highest BCUT2D eigenvalue weighted by atomic mass is 35.5. The van der Waals surface area contributed by atoms with Crippen LogP contribution in [0, 0.1) is 0 Å². The summed E-state index contributed by atoms with van der Waals surface area (Å²) >= 11 is 6.15. The molecule has 166 valence electrons. The number of ether oxygens (including phenoxy) is 3. The Hall–Kier alpha value is -2.93. The Bertz CT molecular complexity index is 942. The Morgan fingerprint density at radius 3 is 2.06 bits per heavy atom. The van der Waals surface area contributed by atoms with E-state index < -0.39 is 0 Å². The predicted molar refractivity (Wildman–Crippen MR) is 118 cm³/mol. The van der Waals surface area contributed by atoms with Crippen molar-refractivity contribution in [3.63, 3.8) is 0 Å². The highest BCUT2D eigenvalue weighted by molar-refractivity contribution is 6.32. The average Bonchev–Trinajstić information content (AvgIpc) is 2.81. The van der Waals surface area contributed by atoms with Gasteiger partial charge in [0.15, 0.2) is 11.5 Å². The zero-order valence-corrected chi connectivity index (χ0v) is 18.8. The Morgan fingerprint density at radius 2 is 1.45 bits per heavy atom. The van der Waals surface area contributed by atoms with E-state index in [2.05, 4.69) is 0 Å². The van der Waals surface area contributed by atoms with Gasteiger partial charge in [-0.25, -0.2) is 0 Å². The second-order valence-electron chi connectivity index (χ2n) is 7.21. The van der Waals surface area contributed by atoms with Gasteiger partial charge in [-0.1, -0.05) is 17.7 Å². The molecule has 1 saturated heterocycles. The number of rotatable bonds is 7. The van der Waals surface area contributed by atoms with E-state index in [0.29, 0.717) is 66.9 Å². The van der Waals surface area contributed by atoms with Gasteiger partial charge in [-0.05, 0) is 42.3 Å². The topological polar surface area (TPSA) is 68.3 Å². The van der Waals surface area contributed by atoms with Gasteiger partial charge in [0.05, 0.1) is 26.4 Å². The number of hydrogen-bond acceptors (Lipinski definition) is 5. The molecule has 1 aliphatic rings. The molecule has 0 radical (unpaired) electrons. The molecule has 0 atom stereocenters. The molecule has 1 fully saturated rings. The first-order valence-corrected chi connectivity index (χ1v) is 10.5. The molecule has 2 amide bonds. The predicted octanol–water partition coefficient (Wildman–Crippen LogP) is 3.28. The van der Waals surface area contributed by atoms with E-state index in [-0.39, 0.29) is 11.8 Å². The minimum absolute atomic E-state index is 0.0742. The van der Waals surface area contributed by atoms with Crippen molar-refractivity contribution in [2.24, 2.45) is 0 Å². The molecular formula is C23H27ClN2O5. The second-order valence-corrected chi connectivity index (χ2v) is 7.62. The molecule has 1 aliphatic heterocycles. The van der Waals surface area contributed by atoms with Crippen molar-refractivity contribution in [1.82, 2.24) is 9.80 Å². The molecule has 8 heteroatoms. The first kappa shape index (κ1) is 22.7. The third kappa shape index (κ3) is 5.41. The quantitative estimate of drug-likeness (QED) is 0.652. The van der Waals surface area contributed by atoms with Crippen molar-refractivity contribution in [1.29, 1.82) is 0 Å². The molecule has 0 spiro atoms. The van der Waals surface area contributed by atoms with E-state index in [1.54, 1.807) is 43.4 Å². The van der Waals surface area contributed by atoms with Crippen molar-refractivity contribution in [3.05, 3.63) is 52.5 Å². The van der Waals surface area contributed by atoms with Crippen LogP contribution < -0.4 is 14.2 Å². The molecule has 31 heavy (non-hydrogen) atoms. The maximum absolute atomic E-state index is 12.8. The van der Waals surface area contributed by atoms with Crippen LogP contribution in [0.3, 0.4) is 0 Å². The Morgan fingerprint density at radius 1 is 0.839 bits per heavy atom. The van der Waals surface area contributed by atoms with Crippen LogP contribution in [0.4, 0.5) is 0 Å². The number of halogens is 1. The van der Waals surface area contributed by atoms with Gasteiger partial charge in [0.25, 0.3) is 5.91 Å². The van der Waals surface area contributed by atoms with Crippen LogP contribution in [0.25, 0.3) is 0 Å². The summed E-state index contributed by atoms with van der Waals surface area (Å²) in [5, 5.41) is 0.537. The lowest BCUT2D eigenvalue weighted by Crippen LogP contribution is -2.50. The number of nitrogens with zero attached hydrogens (tertiary/aromatic N) is 2. The molecular weight excluding hydrogens is 420 g/mol. The lowest BCUT2D eigenvalue weighted by atomic mass is 10.1. The highest BCUT2D eigenvalue weighted by Crippen LogP contribution is 2.28. The molecule has 0 N–H and O–H groups in total. The highest BCUT2D eigenvalue weighted by Gasteiger charge is 2.25. The third-order valence-corrected chi connectivity index (χ3v) is 5.69. The second kappa shape index (κ2) is 10.4. The van der Waals surface area contributed by atoms with E-state index in [1.165, 1.54) is 7.11 Å². The van der Waals surface area contributed by atoms with E-state index in [4.69, 9.17) is 25.8 Å². The van der Waals surface area contributed by atoms with Gasteiger partial charge in [0, 0.05) is 38.2 Å². The molecule has 0 saturated carbocycles. The van der Waals surface area contributed by atoms with E-state index in [9.17, 15) is 9.59 Å². The number of aryl methyl sites for hydroxylation is 1. The molecule has 0 aliphatic carbocycles. The van der Waals surface area contributed by atoms with Gasteiger partial charge in [0.2, 0.25) is 5.91 Å². The lowest BCUT2D eigenvalue weighted by Gasteiger charge is -2.35. The van der Waals surface area contributed by atoms with Gasteiger partial charge in [-0.15, -0.1) is 0 Å². The SMILES string of the molecule is COc1ccc(CCC(=O)N2CCN(C(=O)c3ccc(OC)c(OC)c3)CC2)cc1Cl. The summed E-state index contributed by atoms with van der Waals surface area (Å²) in [5.74, 6) is 1.70. The number of benzene rings is 2.